The van der Waals surface area contributed by atoms with Gasteiger partial charge in [0.25, 0.3) is 0 Å². The lowest BCUT2D eigenvalue weighted by Gasteiger charge is -2.39. The van der Waals surface area contributed by atoms with Gasteiger partial charge in [0, 0.05) is 38.4 Å². The van der Waals surface area contributed by atoms with Crippen molar-refractivity contribution >= 4 is 10.0 Å². The van der Waals surface area contributed by atoms with E-state index in [1.54, 1.807) is 34.9 Å². The van der Waals surface area contributed by atoms with E-state index in [0.29, 0.717) is 24.5 Å². The summed E-state index contributed by atoms with van der Waals surface area (Å²) in [6.45, 7) is 6.50. The number of fused-ring (bicyclic) bond motifs is 1. The highest BCUT2D eigenvalue weighted by atomic mass is 32.2. The molecule has 0 bridgehead atoms. The Morgan fingerprint density at radius 3 is 2.92 bits per heavy atom. The third-order valence-corrected chi connectivity index (χ3v) is 7.06. The van der Waals surface area contributed by atoms with Crippen LogP contribution >= 0.6 is 0 Å². The van der Waals surface area contributed by atoms with Crippen molar-refractivity contribution in [3.8, 4) is 5.75 Å². The first-order valence-corrected chi connectivity index (χ1v) is 10.5. The maximum absolute atomic E-state index is 13.2. The second kappa shape index (κ2) is 6.68. The van der Waals surface area contributed by atoms with Crippen LogP contribution in [0.2, 0.25) is 0 Å². The molecule has 0 radical (unpaired) electrons. The molecular weight excluding hydrogens is 352 g/mol. The quantitative estimate of drug-likeness (QED) is 0.880. The van der Waals surface area contributed by atoms with Crippen LogP contribution in [0.25, 0.3) is 0 Å². The topological polar surface area (TPSA) is 78.5 Å². The van der Waals surface area contributed by atoms with Crippen LogP contribution < -0.4 is 4.74 Å². The fraction of sp³-hybridized carbons (Fsp3) is 0.500. The first-order chi connectivity index (χ1) is 12.5. The number of ether oxygens (including phenoxy) is 1. The number of hydrogen-bond donors (Lipinski definition) is 1. The van der Waals surface area contributed by atoms with E-state index in [2.05, 4.69) is 21.8 Å². The van der Waals surface area contributed by atoms with Crippen molar-refractivity contribution in [2.75, 3.05) is 26.2 Å². The minimum Gasteiger partial charge on any atom is -0.490 e. The molecule has 2 aliphatic rings. The van der Waals surface area contributed by atoms with Gasteiger partial charge in [-0.15, -0.1) is 0 Å². The monoisotopic (exact) mass is 376 g/mol. The maximum atomic E-state index is 13.2. The van der Waals surface area contributed by atoms with Gasteiger partial charge in [0.2, 0.25) is 10.0 Å². The van der Waals surface area contributed by atoms with Gasteiger partial charge in [0.05, 0.1) is 10.9 Å². The molecule has 1 aromatic carbocycles. The molecule has 2 aromatic rings. The van der Waals surface area contributed by atoms with Crippen LogP contribution in [0.5, 0.6) is 5.75 Å². The average molecular weight is 376 g/mol. The summed E-state index contributed by atoms with van der Waals surface area (Å²) in [6, 6.07) is 5.14. The van der Waals surface area contributed by atoms with E-state index >= 15 is 0 Å². The van der Waals surface area contributed by atoms with Crippen molar-refractivity contribution in [2.24, 2.45) is 0 Å². The fourth-order valence-electron chi connectivity index (χ4n) is 3.82. The number of aromatic nitrogens is 2. The lowest BCUT2D eigenvalue weighted by molar-refractivity contribution is 0.119. The van der Waals surface area contributed by atoms with Gasteiger partial charge < -0.3 is 9.72 Å². The van der Waals surface area contributed by atoms with Crippen molar-refractivity contribution in [2.45, 2.75) is 37.3 Å². The predicted octanol–water partition coefficient (Wildman–Crippen LogP) is 1.80. The van der Waals surface area contributed by atoms with Crippen LogP contribution in [0, 0.1) is 0 Å². The Labute approximate surface area is 154 Å². The standard InChI is InChI=1S/C18H24N4O3S/c1-3-21-8-9-22(12-16(21)18-19-6-7-20-18)26(23,24)15-4-5-17-14(11-15)10-13(2)25-17/h4-7,11,13,16H,3,8-10,12H2,1-2H3,(H,19,20). The first kappa shape index (κ1) is 17.5. The zero-order valence-corrected chi connectivity index (χ0v) is 15.9. The van der Waals surface area contributed by atoms with Crippen molar-refractivity contribution in [3.63, 3.8) is 0 Å². The van der Waals surface area contributed by atoms with E-state index in [1.165, 1.54) is 0 Å². The summed E-state index contributed by atoms with van der Waals surface area (Å²) >= 11 is 0. The maximum Gasteiger partial charge on any atom is 0.243 e. The number of benzene rings is 1. The van der Waals surface area contributed by atoms with Crippen LogP contribution in [-0.4, -0.2) is 59.9 Å². The second-order valence-electron chi connectivity index (χ2n) is 6.88. The molecular formula is C18H24N4O3S. The highest BCUT2D eigenvalue weighted by molar-refractivity contribution is 7.89. The number of likely N-dealkylation sites (N-methyl/N-ethyl adjacent to an activating group) is 1. The van der Waals surface area contributed by atoms with Gasteiger partial charge in [-0.1, -0.05) is 6.92 Å². The number of sulfonamides is 1. The van der Waals surface area contributed by atoms with Gasteiger partial charge >= 0.3 is 0 Å². The minimum atomic E-state index is -3.55. The molecule has 140 valence electrons. The largest absolute Gasteiger partial charge is 0.490 e. The molecule has 2 aliphatic heterocycles. The van der Waals surface area contributed by atoms with Crippen molar-refractivity contribution < 1.29 is 13.2 Å². The number of nitrogens with one attached hydrogen (secondary N) is 1. The molecule has 2 unspecified atom stereocenters. The normalized spacial score (nSPS) is 24.4. The summed E-state index contributed by atoms with van der Waals surface area (Å²) in [4.78, 5) is 10.1. The Hall–Kier alpha value is -1.90. The molecule has 7 nitrogen and oxygen atoms in total. The SMILES string of the molecule is CCN1CCN(S(=O)(=O)c2ccc3c(c2)CC(C)O3)CC1c1ncc[nH]1. The summed E-state index contributed by atoms with van der Waals surface area (Å²) in [6.07, 6.45) is 4.33. The van der Waals surface area contributed by atoms with E-state index in [1.807, 2.05) is 6.92 Å². The van der Waals surface area contributed by atoms with Gasteiger partial charge in [-0.25, -0.2) is 13.4 Å². The molecule has 4 rings (SSSR count). The van der Waals surface area contributed by atoms with Gasteiger partial charge in [-0.05, 0) is 37.2 Å². The molecule has 1 fully saturated rings. The molecule has 3 heterocycles. The Kier molecular flexibility index (Phi) is 4.50. The van der Waals surface area contributed by atoms with E-state index in [0.717, 1.165) is 30.1 Å². The number of rotatable bonds is 4. The van der Waals surface area contributed by atoms with Crippen LogP contribution in [0.4, 0.5) is 0 Å². The summed E-state index contributed by atoms with van der Waals surface area (Å²) < 4.78 is 33.7. The summed E-state index contributed by atoms with van der Waals surface area (Å²) in [5, 5.41) is 0. The zero-order chi connectivity index (χ0) is 18.3. The number of H-pyrrole nitrogens is 1. The average Bonchev–Trinajstić information content (AvgIpc) is 3.28. The lowest BCUT2D eigenvalue weighted by Crippen LogP contribution is -2.50. The Morgan fingerprint density at radius 1 is 1.35 bits per heavy atom. The molecule has 0 spiro atoms. The number of nitrogens with zero attached hydrogens (tertiary/aromatic N) is 3. The number of piperazine rings is 1. The van der Waals surface area contributed by atoms with Gasteiger partial charge in [0.15, 0.2) is 0 Å². The van der Waals surface area contributed by atoms with Crippen LogP contribution in [0.1, 0.15) is 31.3 Å². The fourth-order valence-corrected chi connectivity index (χ4v) is 5.31. The smallest absolute Gasteiger partial charge is 0.243 e. The van der Waals surface area contributed by atoms with Gasteiger partial charge in [-0.3, -0.25) is 4.90 Å². The molecule has 0 aliphatic carbocycles. The minimum absolute atomic E-state index is 0.0590. The number of hydrogen-bond acceptors (Lipinski definition) is 5. The molecule has 2 atom stereocenters. The molecule has 0 saturated carbocycles. The Bertz CT molecular complexity index is 882. The molecule has 8 heteroatoms. The zero-order valence-electron chi connectivity index (χ0n) is 15.1. The number of imidazole rings is 1. The van der Waals surface area contributed by atoms with Crippen molar-refractivity contribution in [3.05, 3.63) is 42.0 Å². The highest BCUT2D eigenvalue weighted by Gasteiger charge is 2.36. The van der Waals surface area contributed by atoms with E-state index in [9.17, 15) is 8.42 Å². The summed E-state index contributed by atoms with van der Waals surface area (Å²) in [5.74, 6) is 1.60. The molecule has 0 amide bonds. The van der Waals surface area contributed by atoms with Gasteiger partial charge in [-0.2, -0.15) is 4.31 Å². The third kappa shape index (κ3) is 3.02. The lowest BCUT2D eigenvalue weighted by atomic mass is 10.1. The van der Waals surface area contributed by atoms with Crippen LogP contribution in [0.15, 0.2) is 35.5 Å². The van der Waals surface area contributed by atoms with Crippen LogP contribution in [-0.2, 0) is 16.4 Å². The predicted molar refractivity (Wildman–Crippen MR) is 97.6 cm³/mol. The summed E-state index contributed by atoms with van der Waals surface area (Å²) in [5.41, 5.74) is 0.966. The number of aromatic amines is 1. The molecule has 1 saturated heterocycles. The third-order valence-electron chi connectivity index (χ3n) is 5.20. The Balaban J connectivity index is 1.61. The Morgan fingerprint density at radius 2 is 2.19 bits per heavy atom. The van der Waals surface area contributed by atoms with E-state index in [4.69, 9.17) is 4.74 Å². The van der Waals surface area contributed by atoms with E-state index < -0.39 is 10.0 Å². The summed E-state index contributed by atoms with van der Waals surface area (Å²) in [7, 11) is -3.55. The second-order valence-corrected chi connectivity index (χ2v) is 8.82. The van der Waals surface area contributed by atoms with Gasteiger partial charge in [0.1, 0.15) is 17.7 Å². The van der Waals surface area contributed by atoms with E-state index in [-0.39, 0.29) is 12.1 Å². The molecule has 1 aromatic heterocycles. The molecule has 26 heavy (non-hydrogen) atoms. The first-order valence-electron chi connectivity index (χ1n) is 9.02. The molecule has 1 N–H and O–H groups in total. The van der Waals surface area contributed by atoms with Crippen LogP contribution in [0.3, 0.4) is 0 Å². The highest BCUT2D eigenvalue weighted by Crippen LogP contribution is 2.33. The van der Waals surface area contributed by atoms with Crippen molar-refractivity contribution in [1.82, 2.24) is 19.2 Å². The van der Waals surface area contributed by atoms with Crippen molar-refractivity contribution in [1.29, 1.82) is 0 Å².